The van der Waals surface area contributed by atoms with Gasteiger partial charge in [0, 0.05) is 43.0 Å². The second kappa shape index (κ2) is 13.3. The van der Waals surface area contributed by atoms with Crippen molar-refractivity contribution in [2.75, 3.05) is 36.4 Å². The maximum absolute atomic E-state index is 13.4. The van der Waals surface area contributed by atoms with Crippen LogP contribution in [0.2, 0.25) is 5.02 Å². The van der Waals surface area contributed by atoms with E-state index in [-0.39, 0.29) is 28.9 Å². The third kappa shape index (κ3) is 6.61. The first kappa shape index (κ1) is 28.8. The summed E-state index contributed by atoms with van der Waals surface area (Å²) in [5.74, 6) is 0.915. The Hall–Kier alpha value is -4.68. The number of carbonyl (C=O) groups excluding carboxylic acids is 2. The number of ketones is 1. The first-order chi connectivity index (χ1) is 20.4. The molecule has 5 rings (SSSR count). The van der Waals surface area contributed by atoms with Gasteiger partial charge >= 0.3 is 0 Å². The minimum absolute atomic E-state index is 0.0329. The van der Waals surface area contributed by atoms with Crippen molar-refractivity contribution >= 4 is 34.9 Å². The Bertz CT molecular complexity index is 1580. The van der Waals surface area contributed by atoms with Crippen LogP contribution < -0.4 is 15.5 Å². The average molecular weight is 582 g/mol. The van der Waals surface area contributed by atoms with E-state index in [4.69, 9.17) is 11.6 Å². The molecule has 3 heterocycles. The predicted octanol–water partition coefficient (Wildman–Crippen LogP) is 5.17. The zero-order chi connectivity index (χ0) is 29.5. The molecule has 9 nitrogen and oxygen atoms in total. The number of halogens is 1. The van der Waals surface area contributed by atoms with Gasteiger partial charge in [-0.05, 0) is 62.6 Å². The van der Waals surface area contributed by atoms with Crippen LogP contribution in [0.4, 0.5) is 11.6 Å². The molecule has 1 aliphatic heterocycles. The van der Waals surface area contributed by atoms with Crippen LogP contribution in [0.1, 0.15) is 46.4 Å². The van der Waals surface area contributed by atoms with Gasteiger partial charge in [-0.25, -0.2) is 9.67 Å². The van der Waals surface area contributed by atoms with Gasteiger partial charge in [-0.15, -0.1) is 0 Å². The van der Waals surface area contributed by atoms with Crippen LogP contribution in [-0.4, -0.2) is 52.6 Å². The van der Waals surface area contributed by atoms with Crippen molar-refractivity contribution in [3.8, 4) is 11.8 Å². The Morgan fingerprint density at radius 3 is 2.57 bits per heavy atom. The number of pyridine rings is 1. The molecule has 2 aromatic carbocycles. The number of nitrogens with zero attached hydrogens (tertiary/aromatic N) is 5. The maximum atomic E-state index is 13.4. The van der Waals surface area contributed by atoms with E-state index in [0.29, 0.717) is 48.1 Å². The number of amides is 1. The summed E-state index contributed by atoms with van der Waals surface area (Å²) in [6, 6.07) is 22.2. The lowest BCUT2D eigenvalue weighted by atomic mass is 9.97. The number of nitrogens with one attached hydrogen (secondary N) is 2. The molecule has 2 N–H and O–H groups in total. The minimum atomic E-state index is -0.332. The fraction of sp³-hybridized carbons (Fsp3) is 0.281. The number of piperidine rings is 1. The molecule has 214 valence electrons. The molecule has 0 bridgehead atoms. The summed E-state index contributed by atoms with van der Waals surface area (Å²) in [7, 11) is 0. The summed E-state index contributed by atoms with van der Waals surface area (Å²) >= 11 is 6.09. The standard InChI is InChI=1S/C32H32ClN7O2/c1-22-8-10-23(11-9-22)30(41)29-27(20-34)31(40(38-29)26-14-12-25(33)13-15-26)36-17-5-18-37-32(42)24-6-4-19-39(21-24)28-7-2-3-16-35-28/h2-3,7-16,24,36H,4-6,17-19,21H2,1H3,(H,37,42). The molecular weight excluding hydrogens is 550 g/mol. The average Bonchev–Trinajstić information content (AvgIpc) is 3.40. The summed E-state index contributed by atoms with van der Waals surface area (Å²) < 4.78 is 1.56. The monoisotopic (exact) mass is 581 g/mol. The van der Waals surface area contributed by atoms with Crippen molar-refractivity contribution in [1.29, 1.82) is 5.26 Å². The predicted molar refractivity (Wildman–Crippen MR) is 163 cm³/mol. The highest BCUT2D eigenvalue weighted by Gasteiger charge is 2.27. The Morgan fingerprint density at radius 1 is 1.07 bits per heavy atom. The third-order valence-electron chi connectivity index (χ3n) is 7.31. The first-order valence-corrected chi connectivity index (χ1v) is 14.4. The van der Waals surface area contributed by atoms with Gasteiger partial charge in [-0.3, -0.25) is 9.59 Å². The Morgan fingerprint density at radius 2 is 1.86 bits per heavy atom. The van der Waals surface area contributed by atoms with Crippen molar-refractivity contribution < 1.29 is 9.59 Å². The number of aryl methyl sites for hydroxylation is 1. The highest BCUT2D eigenvalue weighted by molar-refractivity contribution is 6.30. The van der Waals surface area contributed by atoms with Crippen LogP contribution in [0.15, 0.2) is 72.9 Å². The number of aromatic nitrogens is 3. The molecule has 4 aromatic rings. The van der Waals surface area contributed by atoms with Gasteiger partial charge in [0.2, 0.25) is 11.7 Å². The van der Waals surface area contributed by atoms with E-state index in [1.54, 1.807) is 47.3 Å². The van der Waals surface area contributed by atoms with Gasteiger partial charge in [-0.1, -0.05) is 47.5 Å². The Kier molecular flexibility index (Phi) is 9.15. The van der Waals surface area contributed by atoms with Crippen molar-refractivity contribution in [3.63, 3.8) is 0 Å². The molecule has 10 heteroatoms. The zero-order valence-corrected chi connectivity index (χ0v) is 24.1. The largest absolute Gasteiger partial charge is 0.369 e. The third-order valence-corrected chi connectivity index (χ3v) is 7.56. The first-order valence-electron chi connectivity index (χ1n) is 14.0. The Balaban J connectivity index is 1.25. The molecule has 0 aliphatic carbocycles. The summed E-state index contributed by atoms with van der Waals surface area (Å²) in [4.78, 5) is 32.9. The van der Waals surface area contributed by atoms with Crippen LogP contribution in [0, 0.1) is 24.2 Å². The van der Waals surface area contributed by atoms with Crippen molar-refractivity contribution in [1.82, 2.24) is 20.1 Å². The number of nitriles is 1. The highest BCUT2D eigenvalue weighted by atomic mass is 35.5. The summed E-state index contributed by atoms with van der Waals surface area (Å²) in [5.41, 5.74) is 2.38. The van der Waals surface area contributed by atoms with Crippen LogP contribution in [0.5, 0.6) is 0 Å². The number of benzene rings is 2. The van der Waals surface area contributed by atoms with Crippen LogP contribution in [-0.2, 0) is 4.79 Å². The van der Waals surface area contributed by atoms with Gasteiger partial charge in [0.15, 0.2) is 5.69 Å². The highest BCUT2D eigenvalue weighted by Crippen LogP contribution is 2.27. The molecule has 0 saturated carbocycles. The van der Waals surface area contributed by atoms with E-state index in [1.165, 1.54) is 0 Å². The second-order valence-corrected chi connectivity index (χ2v) is 10.7. The number of anilines is 2. The number of hydrogen-bond acceptors (Lipinski definition) is 7. The fourth-order valence-corrected chi connectivity index (χ4v) is 5.17. The number of carbonyl (C=O) groups is 2. The molecule has 1 saturated heterocycles. The van der Waals surface area contributed by atoms with E-state index in [0.717, 1.165) is 30.8 Å². The lowest BCUT2D eigenvalue weighted by Gasteiger charge is -2.32. The molecule has 1 amide bonds. The van der Waals surface area contributed by atoms with Gasteiger partial charge in [0.1, 0.15) is 23.3 Å². The van der Waals surface area contributed by atoms with Crippen LogP contribution >= 0.6 is 11.6 Å². The van der Waals surface area contributed by atoms with Crippen LogP contribution in [0.3, 0.4) is 0 Å². The minimum Gasteiger partial charge on any atom is -0.369 e. The molecule has 1 unspecified atom stereocenters. The fourth-order valence-electron chi connectivity index (χ4n) is 5.05. The van der Waals surface area contributed by atoms with E-state index in [1.807, 2.05) is 37.3 Å². The maximum Gasteiger partial charge on any atom is 0.224 e. The number of hydrogen-bond donors (Lipinski definition) is 2. The van der Waals surface area contributed by atoms with E-state index >= 15 is 0 Å². The molecule has 1 atom stereocenters. The number of rotatable bonds is 10. The van der Waals surface area contributed by atoms with Gasteiger partial charge in [0.25, 0.3) is 0 Å². The van der Waals surface area contributed by atoms with Gasteiger partial charge < -0.3 is 15.5 Å². The SMILES string of the molecule is Cc1ccc(C(=O)c2nn(-c3ccc(Cl)cc3)c(NCCCNC(=O)C3CCCN(c4ccccn4)C3)c2C#N)cc1. The normalized spacial score (nSPS) is 14.7. The molecular formula is C32H32ClN7O2. The lowest BCUT2D eigenvalue weighted by Crippen LogP contribution is -2.43. The van der Waals surface area contributed by atoms with Gasteiger partial charge in [-0.2, -0.15) is 10.4 Å². The molecule has 1 aliphatic rings. The molecule has 42 heavy (non-hydrogen) atoms. The molecule has 0 radical (unpaired) electrons. The second-order valence-electron chi connectivity index (χ2n) is 10.3. The topological polar surface area (TPSA) is 116 Å². The van der Waals surface area contributed by atoms with Crippen molar-refractivity contribution in [3.05, 3.63) is 100 Å². The Labute approximate surface area is 250 Å². The molecule has 0 spiro atoms. The van der Waals surface area contributed by atoms with E-state index in [2.05, 4.69) is 31.7 Å². The van der Waals surface area contributed by atoms with Crippen molar-refractivity contribution in [2.24, 2.45) is 5.92 Å². The van der Waals surface area contributed by atoms with Crippen molar-refractivity contribution in [2.45, 2.75) is 26.2 Å². The smallest absolute Gasteiger partial charge is 0.224 e. The van der Waals surface area contributed by atoms with Crippen LogP contribution in [0.25, 0.3) is 5.69 Å². The molecule has 2 aromatic heterocycles. The zero-order valence-electron chi connectivity index (χ0n) is 23.4. The van der Waals surface area contributed by atoms with E-state index < -0.39 is 0 Å². The summed E-state index contributed by atoms with van der Waals surface area (Å²) in [5, 5.41) is 21.6. The van der Waals surface area contributed by atoms with E-state index in [9.17, 15) is 14.9 Å². The van der Waals surface area contributed by atoms with Gasteiger partial charge in [0.05, 0.1) is 11.6 Å². The lowest BCUT2D eigenvalue weighted by molar-refractivity contribution is -0.125. The summed E-state index contributed by atoms with van der Waals surface area (Å²) in [6.45, 7) is 4.40. The molecule has 1 fully saturated rings. The quantitative estimate of drug-likeness (QED) is 0.196. The summed E-state index contributed by atoms with van der Waals surface area (Å²) in [6.07, 6.45) is 4.16.